The van der Waals surface area contributed by atoms with Crippen LogP contribution < -0.4 is 10.6 Å². The van der Waals surface area contributed by atoms with E-state index < -0.39 is 9.84 Å². The van der Waals surface area contributed by atoms with Gasteiger partial charge in [0.15, 0.2) is 15.8 Å². The molecule has 2 N–H and O–H groups in total. The van der Waals surface area contributed by atoms with Gasteiger partial charge in [0, 0.05) is 26.4 Å². The Morgan fingerprint density at radius 3 is 1.68 bits per heavy atom. The molecule has 2 rings (SSSR count). The topological polar surface area (TPSA) is 70.6 Å². The summed E-state index contributed by atoms with van der Waals surface area (Å²) in [4.78, 5) is 4.59. The molecule has 0 aliphatic carbocycles. The number of hydrogen-bond donors (Lipinski definition) is 2. The maximum atomic E-state index is 11.5. The molecule has 0 heterocycles. The lowest BCUT2D eigenvalue weighted by atomic mass is 10.1. The van der Waals surface area contributed by atoms with Crippen molar-refractivity contribution in [2.75, 3.05) is 26.4 Å². The van der Waals surface area contributed by atoms with Crippen LogP contribution >= 0.6 is 24.0 Å². The van der Waals surface area contributed by atoms with Crippen LogP contribution in [0.1, 0.15) is 23.6 Å². The van der Waals surface area contributed by atoms with Crippen molar-refractivity contribution < 1.29 is 8.42 Å². The molecule has 5 nitrogen and oxygen atoms in total. The van der Waals surface area contributed by atoms with Gasteiger partial charge in [-0.15, -0.1) is 24.0 Å². The van der Waals surface area contributed by atoms with Crippen molar-refractivity contribution in [3.8, 4) is 0 Å². The summed E-state index contributed by atoms with van der Waals surface area (Å²) < 4.78 is 23.0. The molecule has 0 atom stereocenters. The summed E-state index contributed by atoms with van der Waals surface area (Å²) in [6.45, 7) is 3.70. The van der Waals surface area contributed by atoms with Gasteiger partial charge in [-0.3, -0.25) is 4.99 Å². The number of sulfone groups is 1. The van der Waals surface area contributed by atoms with Gasteiger partial charge >= 0.3 is 0 Å². The molecular weight excluding hydrogens is 485 g/mol. The molecule has 0 aliphatic rings. The van der Waals surface area contributed by atoms with Gasteiger partial charge < -0.3 is 10.6 Å². The van der Waals surface area contributed by atoms with E-state index in [0.717, 1.165) is 43.9 Å². The van der Waals surface area contributed by atoms with Crippen LogP contribution in [0.4, 0.5) is 0 Å². The Morgan fingerprint density at radius 2 is 1.29 bits per heavy atom. The minimum absolute atomic E-state index is 0. The number of aryl methyl sites for hydroxylation is 1. The highest BCUT2D eigenvalue weighted by atomic mass is 127. The van der Waals surface area contributed by atoms with Crippen LogP contribution in [0.25, 0.3) is 0 Å². The zero-order valence-electron chi connectivity index (χ0n) is 16.7. The van der Waals surface area contributed by atoms with Crippen molar-refractivity contribution in [3.63, 3.8) is 0 Å². The largest absolute Gasteiger partial charge is 0.356 e. The number of nitrogens with one attached hydrogen (secondary N) is 2. The molecule has 0 spiro atoms. The predicted molar refractivity (Wildman–Crippen MR) is 128 cm³/mol. The van der Waals surface area contributed by atoms with Crippen LogP contribution in [0.2, 0.25) is 0 Å². The fourth-order valence-corrected chi connectivity index (χ4v) is 3.35. The first-order valence-corrected chi connectivity index (χ1v) is 11.1. The van der Waals surface area contributed by atoms with Crippen LogP contribution in [0.3, 0.4) is 0 Å². The van der Waals surface area contributed by atoms with E-state index >= 15 is 0 Å². The summed E-state index contributed by atoms with van der Waals surface area (Å²) >= 11 is 0. The second-order valence-corrected chi connectivity index (χ2v) is 8.53. The first-order chi connectivity index (χ1) is 12.9. The second kappa shape index (κ2) is 12.1. The lowest BCUT2D eigenvalue weighted by Crippen LogP contribution is -2.39. The van der Waals surface area contributed by atoms with E-state index in [1.54, 1.807) is 19.2 Å². The third-order valence-corrected chi connectivity index (χ3v) is 5.55. The number of rotatable bonds is 8. The zero-order chi connectivity index (χ0) is 19.7. The number of halogens is 1. The number of benzene rings is 2. The molecule has 154 valence electrons. The van der Waals surface area contributed by atoms with Crippen molar-refractivity contribution in [2.45, 2.75) is 31.1 Å². The molecule has 0 amide bonds. The molecule has 0 unspecified atom stereocenters. The molecule has 0 aromatic heterocycles. The van der Waals surface area contributed by atoms with E-state index in [4.69, 9.17) is 0 Å². The normalized spacial score (nSPS) is 11.6. The SMILES string of the molecule is CCc1ccc(CCNC(=NC)NCCc2ccc(S(C)(=O)=O)cc2)cc1.I. The molecule has 0 fully saturated rings. The fourth-order valence-electron chi connectivity index (χ4n) is 2.72. The average molecular weight is 515 g/mol. The number of aliphatic imine (C=N–C) groups is 1. The van der Waals surface area contributed by atoms with Crippen molar-refractivity contribution in [1.29, 1.82) is 0 Å². The van der Waals surface area contributed by atoms with Gasteiger partial charge in [0.1, 0.15) is 0 Å². The Morgan fingerprint density at radius 1 is 0.857 bits per heavy atom. The van der Waals surface area contributed by atoms with Crippen LogP contribution in [0, 0.1) is 0 Å². The molecule has 0 saturated heterocycles. The highest BCUT2D eigenvalue weighted by Crippen LogP contribution is 2.10. The minimum atomic E-state index is -3.14. The smallest absolute Gasteiger partial charge is 0.190 e. The number of nitrogens with zero attached hydrogens (tertiary/aromatic N) is 1. The first-order valence-electron chi connectivity index (χ1n) is 9.23. The Hall–Kier alpha value is -1.61. The van der Waals surface area contributed by atoms with E-state index in [1.165, 1.54) is 17.4 Å². The minimum Gasteiger partial charge on any atom is -0.356 e. The molecule has 2 aromatic carbocycles. The van der Waals surface area contributed by atoms with Gasteiger partial charge in [-0.25, -0.2) is 8.42 Å². The number of guanidine groups is 1. The quantitative estimate of drug-likeness (QED) is 0.322. The van der Waals surface area contributed by atoms with Crippen molar-refractivity contribution >= 4 is 39.8 Å². The lowest BCUT2D eigenvalue weighted by molar-refractivity contribution is 0.602. The molecule has 28 heavy (non-hydrogen) atoms. The highest BCUT2D eigenvalue weighted by Gasteiger charge is 2.06. The van der Waals surface area contributed by atoms with E-state index in [-0.39, 0.29) is 24.0 Å². The summed E-state index contributed by atoms with van der Waals surface area (Å²) in [7, 11) is -1.38. The Balaban J connectivity index is 0.00000392. The van der Waals surface area contributed by atoms with Crippen molar-refractivity contribution in [2.24, 2.45) is 4.99 Å². The van der Waals surface area contributed by atoms with Crippen LogP contribution in [0.15, 0.2) is 58.4 Å². The monoisotopic (exact) mass is 515 g/mol. The Kier molecular flexibility index (Phi) is 10.5. The maximum Gasteiger partial charge on any atom is 0.190 e. The van der Waals surface area contributed by atoms with Crippen LogP contribution in [-0.2, 0) is 29.1 Å². The Labute approximate surface area is 186 Å². The second-order valence-electron chi connectivity index (χ2n) is 6.51. The highest BCUT2D eigenvalue weighted by molar-refractivity contribution is 14.0. The van der Waals surface area contributed by atoms with Crippen molar-refractivity contribution in [1.82, 2.24) is 10.6 Å². The molecule has 7 heteroatoms. The van der Waals surface area contributed by atoms with E-state index in [9.17, 15) is 8.42 Å². The third kappa shape index (κ3) is 8.18. The molecule has 0 bridgehead atoms. The van der Waals surface area contributed by atoms with E-state index in [1.807, 2.05) is 12.1 Å². The van der Waals surface area contributed by atoms with Gasteiger partial charge in [-0.05, 0) is 48.1 Å². The third-order valence-electron chi connectivity index (χ3n) is 4.42. The summed E-state index contributed by atoms with van der Waals surface area (Å²) in [5, 5.41) is 6.61. The number of hydrogen-bond acceptors (Lipinski definition) is 3. The summed E-state index contributed by atoms with van der Waals surface area (Å²) in [6.07, 6.45) is 4.02. The lowest BCUT2D eigenvalue weighted by Gasteiger charge is -2.12. The zero-order valence-corrected chi connectivity index (χ0v) is 19.9. The summed E-state index contributed by atoms with van der Waals surface area (Å²) in [6, 6.07) is 15.7. The fraction of sp³-hybridized carbons (Fsp3) is 0.381. The van der Waals surface area contributed by atoms with Crippen LogP contribution in [0.5, 0.6) is 0 Å². The standard InChI is InChI=1S/C21H29N3O2S.HI/c1-4-17-5-7-18(8-6-17)13-15-23-21(22-2)24-16-14-19-9-11-20(12-10-19)27(3,25)26;/h5-12H,4,13-16H2,1-3H3,(H2,22,23,24);1H. The maximum absolute atomic E-state index is 11.5. The van der Waals surface area contributed by atoms with Gasteiger partial charge in [-0.1, -0.05) is 43.3 Å². The van der Waals surface area contributed by atoms with Gasteiger partial charge in [0.25, 0.3) is 0 Å². The molecule has 0 saturated carbocycles. The predicted octanol–water partition coefficient (Wildman–Crippen LogP) is 3.22. The van der Waals surface area contributed by atoms with E-state index in [2.05, 4.69) is 46.8 Å². The summed E-state index contributed by atoms with van der Waals surface area (Å²) in [5.74, 6) is 0.771. The van der Waals surface area contributed by atoms with Gasteiger partial charge in [-0.2, -0.15) is 0 Å². The first kappa shape index (κ1) is 24.4. The van der Waals surface area contributed by atoms with Gasteiger partial charge in [0.2, 0.25) is 0 Å². The molecule has 2 aromatic rings. The Bertz CT molecular complexity index is 848. The van der Waals surface area contributed by atoms with Gasteiger partial charge in [0.05, 0.1) is 4.90 Å². The molecular formula is C21H30IN3O2S. The molecule has 0 radical (unpaired) electrons. The van der Waals surface area contributed by atoms with Crippen molar-refractivity contribution in [3.05, 3.63) is 65.2 Å². The van der Waals surface area contributed by atoms with Crippen LogP contribution in [-0.4, -0.2) is 40.8 Å². The molecule has 0 aliphatic heterocycles. The summed E-state index contributed by atoms with van der Waals surface area (Å²) in [5.41, 5.74) is 3.75. The van der Waals surface area contributed by atoms with E-state index in [0.29, 0.717) is 4.90 Å². The average Bonchev–Trinajstić information content (AvgIpc) is 2.67.